The molecule has 2 aromatic rings. The van der Waals surface area contributed by atoms with Gasteiger partial charge in [0.15, 0.2) is 11.5 Å². The molecule has 0 aromatic heterocycles. The summed E-state index contributed by atoms with van der Waals surface area (Å²) in [6.45, 7) is 0.750. The van der Waals surface area contributed by atoms with E-state index in [9.17, 15) is 4.79 Å². The zero-order valence-electron chi connectivity index (χ0n) is 14.7. The van der Waals surface area contributed by atoms with Gasteiger partial charge in [0.2, 0.25) is 5.91 Å². The maximum absolute atomic E-state index is 12.0. The molecule has 0 spiro atoms. The molecule has 1 N–H and O–H groups in total. The lowest BCUT2D eigenvalue weighted by molar-refractivity contribution is -0.121. The van der Waals surface area contributed by atoms with Crippen LogP contribution in [0.25, 0.3) is 0 Å². The van der Waals surface area contributed by atoms with Gasteiger partial charge < -0.3 is 19.5 Å². The molecular formula is C19H21Cl2NO4. The zero-order valence-corrected chi connectivity index (χ0v) is 16.2. The van der Waals surface area contributed by atoms with Crippen LogP contribution in [0.3, 0.4) is 0 Å². The molecular weight excluding hydrogens is 377 g/mol. The molecule has 0 heterocycles. The monoisotopic (exact) mass is 397 g/mol. The van der Waals surface area contributed by atoms with Crippen LogP contribution in [0.1, 0.15) is 18.4 Å². The van der Waals surface area contributed by atoms with Gasteiger partial charge in [-0.25, -0.2) is 0 Å². The van der Waals surface area contributed by atoms with Gasteiger partial charge in [0.05, 0.1) is 25.8 Å². The van der Waals surface area contributed by atoms with Crippen LogP contribution in [-0.4, -0.2) is 26.7 Å². The standard InChI is InChI=1S/C19H21Cl2NO4/c1-24-17-6-3-5-13(19(17)25-2)12-22-18(23)7-4-10-26-16-9-8-14(20)11-15(16)21/h3,5-6,8-9,11H,4,7,10,12H2,1-2H3,(H,22,23). The Bertz CT molecular complexity index is 752. The van der Waals surface area contributed by atoms with Crippen LogP contribution in [0, 0.1) is 0 Å². The second-order valence-electron chi connectivity index (χ2n) is 5.46. The summed E-state index contributed by atoms with van der Waals surface area (Å²) in [5, 5.41) is 3.87. The Morgan fingerprint density at radius 1 is 1.08 bits per heavy atom. The number of carbonyl (C=O) groups is 1. The molecule has 1 amide bonds. The van der Waals surface area contributed by atoms with Crippen LogP contribution in [0.4, 0.5) is 0 Å². The molecule has 2 rings (SSSR count). The minimum absolute atomic E-state index is 0.0688. The highest BCUT2D eigenvalue weighted by Gasteiger charge is 2.10. The van der Waals surface area contributed by atoms with Crippen LogP contribution < -0.4 is 19.5 Å². The topological polar surface area (TPSA) is 56.8 Å². The third kappa shape index (κ3) is 5.71. The van der Waals surface area contributed by atoms with E-state index >= 15 is 0 Å². The highest BCUT2D eigenvalue weighted by Crippen LogP contribution is 2.30. The Labute approximate surface area is 163 Å². The summed E-state index contributed by atoms with van der Waals surface area (Å²) >= 11 is 11.9. The van der Waals surface area contributed by atoms with Gasteiger partial charge in [0.1, 0.15) is 5.75 Å². The van der Waals surface area contributed by atoms with Crippen LogP contribution in [0.5, 0.6) is 17.2 Å². The van der Waals surface area contributed by atoms with E-state index in [1.165, 1.54) is 0 Å². The summed E-state index contributed by atoms with van der Waals surface area (Å²) in [5.41, 5.74) is 0.851. The Morgan fingerprint density at radius 3 is 2.58 bits per heavy atom. The lowest BCUT2D eigenvalue weighted by Gasteiger charge is -2.13. The van der Waals surface area contributed by atoms with Crippen LogP contribution in [0.2, 0.25) is 10.0 Å². The molecule has 7 heteroatoms. The number of halogens is 2. The van der Waals surface area contributed by atoms with Gasteiger partial charge in [-0.15, -0.1) is 0 Å². The molecule has 26 heavy (non-hydrogen) atoms. The molecule has 0 fully saturated rings. The molecule has 0 aliphatic rings. The zero-order chi connectivity index (χ0) is 18.9. The fourth-order valence-corrected chi connectivity index (χ4v) is 2.85. The first-order valence-electron chi connectivity index (χ1n) is 8.09. The van der Waals surface area contributed by atoms with Gasteiger partial charge in [0, 0.05) is 23.6 Å². The summed E-state index contributed by atoms with van der Waals surface area (Å²) in [7, 11) is 3.15. The lowest BCUT2D eigenvalue weighted by atomic mass is 10.1. The largest absolute Gasteiger partial charge is 0.493 e. The van der Waals surface area contributed by atoms with E-state index in [2.05, 4.69) is 5.32 Å². The number of ether oxygens (including phenoxy) is 3. The smallest absolute Gasteiger partial charge is 0.220 e. The molecule has 0 bridgehead atoms. The molecule has 0 radical (unpaired) electrons. The van der Waals surface area contributed by atoms with Crippen molar-refractivity contribution in [2.24, 2.45) is 0 Å². The van der Waals surface area contributed by atoms with Crippen LogP contribution in [0.15, 0.2) is 36.4 Å². The third-order valence-corrected chi connectivity index (χ3v) is 4.19. The summed E-state index contributed by atoms with van der Waals surface area (Å²) in [4.78, 5) is 12.0. The van der Waals surface area contributed by atoms with Gasteiger partial charge in [0.25, 0.3) is 0 Å². The van der Waals surface area contributed by atoms with Crippen molar-refractivity contribution < 1.29 is 19.0 Å². The highest BCUT2D eigenvalue weighted by molar-refractivity contribution is 6.35. The first kappa shape index (κ1) is 20.2. The van der Waals surface area contributed by atoms with E-state index in [-0.39, 0.29) is 5.91 Å². The van der Waals surface area contributed by atoms with Crippen molar-refractivity contribution in [1.29, 1.82) is 0 Å². The second kappa shape index (κ2) is 10.1. The van der Waals surface area contributed by atoms with E-state index in [0.717, 1.165) is 5.56 Å². The molecule has 0 saturated heterocycles. The van der Waals surface area contributed by atoms with E-state index in [0.29, 0.717) is 53.3 Å². The predicted octanol–water partition coefficient (Wildman–Crippen LogP) is 4.49. The van der Waals surface area contributed by atoms with Crippen molar-refractivity contribution in [2.45, 2.75) is 19.4 Å². The number of hydrogen-bond acceptors (Lipinski definition) is 4. The van der Waals surface area contributed by atoms with Crippen molar-refractivity contribution in [1.82, 2.24) is 5.32 Å². The first-order chi connectivity index (χ1) is 12.5. The van der Waals surface area contributed by atoms with Crippen molar-refractivity contribution in [2.75, 3.05) is 20.8 Å². The number of methoxy groups -OCH3 is 2. The molecule has 0 saturated carbocycles. The number of nitrogens with one attached hydrogen (secondary N) is 1. The summed E-state index contributed by atoms with van der Waals surface area (Å²) < 4.78 is 16.2. The number of para-hydroxylation sites is 1. The Balaban J connectivity index is 1.76. The molecule has 2 aromatic carbocycles. The van der Waals surface area contributed by atoms with Gasteiger partial charge >= 0.3 is 0 Å². The van der Waals surface area contributed by atoms with Gasteiger partial charge in [-0.2, -0.15) is 0 Å². The maximum atomic E-state index is 12.0. The van der Waals surface area contributed by atoms with Crippen molar-refractivity contribution >= 4 is 29.1 Å². The Kier molecular flexibility index (Phi) is 7.88. The maximum Gasteiger partial charge on any atom is 0.220 e. The Hall–Kier alpha value is -2.11. The van der Waals surface area contributed by atoms with Gasteiger partial charge in [-0.1, -0.05) is 35.3 Å². The Morgan fingerprint density at radius 2 is 1.88 bits per heavy atom. The lowest BCUT2D eigenvalue weighted by Crippen LogP contribution is -2.23. The normalized spacial score (nSPS) is 10.3. The van der Waals surface area contributed by atoms with Crippen molar-refractivity contribution in [3.63, 3.8) is 0 Å². The van der Waals surface area contributed by atoms with E-state index in [4.69, 9.17) is 37.4 Å². The number of hydrogen-bond donors (Lipinski definition) is 1. The highest BCUT2D eigenvalue weighted by atomic mass is 35.5. The molecule has 0 aliphatic carbocycles. The van der Waals surface area contributed by atoms with Crippen molar-refractivity contribution in [3.05, 3.63) is 52.0 Å². The van der Waals surface area contributed by atoms with E-state index in [1.54, 1.807) is 32.4 Å². The predicted molar refractivity (Wildman–Crippen MR) is 103 cm³/mol. The molecule has 0 aliphatic heterocycles. The number of benzene rings is 2. The minimum atomic E-state index is -0.0688. The number of carbonyl (C=O) groups excluding carboxylic acids is 1. The van der Waals surface area contributed by atoms with Crippen LogP contribution >= 0.6 is 23.2 Å². The number of amides is 1. The van der Waals surface area contributed by atoms with Gasteiger partial charge in [-0.3, -0.25) is 4.79 Å². The molecule has 0 atom stereocenters. The quantitative estimate of drug-likeness (QED) is 0.633. The molecule has 5 nitrogen and oxygen atoms in total. The summed E-state index contributed by atoms with van der Waals surface area (Å²) in [5.74, 6) is 1.74. The minimum Gasteiger partial charge on any atom is -0.493 e. The first-order valence-corrected chi connectivity index (χ1v) is 8.85. The second-order valence-corrected chi connectivity index (χ2v) is 6.30. The summed E-state index contributed by atoms with van der Waals surface area (Å²) in [6, 6.07) is 10.6. The van der Waals surface area contributed by atoms with E-state index < -0.39 is 0 Å². The van der Waals surface area contributed by atoms with E-state index in [1.807, 2.05) is 18.2 Å². The molecule has 140 valence electrons. The number of rotatable bonds is 9. The van der Waals surface area contributed by atoms with Crippen molar-refractivity contribution in [3.8, 4) is 17.2 Å². The summed E-state index contributed by atoms with van der Waals surface area (Å²) in [6.07, 6.45) is 0.914. The SMILES string of the molecule is COc1cccc(CNC(=O)CCCOc2ccc(Cl)cc2Cl)c1OC. The van der Waals surface area contributed by atoms with Crippen LogP contribution in [-0.2, 0) is 11.3 Å². The molecule has 0 unspecified atom stereocenters. The third-order valence-electron chi connectivity index (χ3n) is 3.66. The average molecular weight is 398 g/mol. The fourth-order valence-electron chi connectivity index (χ4n) is 2.38. The average Bonchev–Trinajstić information content (AvgIpc) is 2.64. The van der Waals surface area contributed by atoms with Gasteiger partial charge in [-0.05, 0) is 30.7 Å². The fraction of sp³-hybridized carbons (Fsp3) is 0.316.